The zero-order chi connectivity index (χ0) is 13.3. The van der Waals surface area contributed by atoms with Crippen molar-refractivity contribution in [1.82, 2.24) is 14.1 Å². The molecular formula is C10H12BrN3O2S2. The van der Waals surface area contributed by atoms with Crippen molar-refractivity contribution in [3.8, 4) is 0 Å². The molecule has 0 amide bonds. The van der Waals surface area contributed by atoms with Gasteiger partial charge in [0, 0.05) is 35.4 Å². The molecule has 8 heteroatoms. The molecule has 2 rings (SSSR count). The third kappa shape index (κ3) is 2.66. The summed E-state index contributed by atoms with van der Waals surface area (Å²) in [6.07, 6.45) is 1.47. The van der Waals surface area contributed by atoms with E-state index in [1.807, 2.05) is 11.4 Å². The first-order chi connectivity index (χ1) is 8.41. The number of hydrogen-bond acceptors (Lipinski definition) is 4. The molecule has 0 radical (unpaired) electrons. The van der Waals surface area contributed by atoms with Crippen LogP contribution in [0.25, 0.3) is 0 Å². The number of sulfonamides is 1. The van der Waals surface area contributed by atoms with Gasteiger partial charge in [0.05, 0.1) is 6.20 Å². The maximum atomic E-state index is 12.3. The van der Waals surface area contributed by atoms with Gasteiger partial charge in [0.2, 0.25) is 0 Å². The molecule has 0 saturated heterocycles. The number of aryl methyl sites for hydroxylation is 1. The molecule has 0 aliphatic carbocycles. The van der Waals surface area contributed by atoms with E-state index >= 15 is 0 Å². The summed E-state index contributed by atoms with van der Waals surface area (Å²) < 4.78 is 28.2. The average molecular weight is 350 g/mol. The summed E-state index contributed by atoms with van der Waals surface area (Å²) in [5.74, 6) is 0. The van der Waals surface area contributed by atoms with Crippen LogP contribution in [0.2, 0.25) is 0 Å². The Morgan fingerprint density at radius 3 is 2.78 bits per heavy atom. The zero-order valence-corrected chi connectivity index (χ0v) is 13.1. The average Bonchev–Trinajstić information content (AvgIpc) is 2.87. The van der Waals surface area contributed by atoms with E-state index in [9.17, 15) is 8.42 Å². The molecule has 0 saturated carbocycles. The van der Waals surface area contributed by atoms with Gasteiger partial charge in [-0.05, 0) is 28.1 Å². The highest BCUT2D eigenvalue weighted by Crippen LogP contribution is 2.23. The van der Waals surface area contributed by atoms with E-state index in [1.165, 1.54) is 32.6 Å². The van der Waals surface area contributed by atoms with E-state index in [-0.39, 0.29) is 5.03 Å². The van der Waals surface area contributed by atoms with E-state index in [0.29, 0.717) is 6.54 Å². The molecule has 18 heavy (non-hydrogen) atoms. The van der Waals surface area contributed by atoms with E-state index in [0.717, 1.165) is 9.35 Å². The zero-order valence-electron chi connectivity index (χ0n) is 9.87. The van der Waals surface area contributed by atoms with Gasteiger partial charge in [0.25, 0.3) is 10.0 Å². The number of hydrogen-bond donors (Lipinski definition) is 0. The minimum absolute atomic E-state index is 0.195. The van der Waals surface area contributed by atoms with E-state index in [1.54, 1.807) is 14.1 Å². The molecule has 2 heterocycles. The minimum Gasteiger partial charge on any atom is -0.256 e. The van der Waals surface area contributed by atoms with Gasteiger partial charge in [-0.3, -0.25) is 4.68 Å². The van der Waals surface area contributed by atoms with Crippen molar-refractivity contribution in [1.29, 1.82) is 0 Å². The van der Waals surface area contributed by atoms with Gasteiger partial charge in [-0.25, -0.2) is 8.42 Å². The standard InChI is InChI=1S/C10H12BrN3O2S2/c1-13(6-9-5-8(11)7-17-9)18(15,16)10-3-4-12-14(10)2/h3-5,7H,6H2,1-2H3. The maximum absolute atomic E-state index is 12.3. The molecule has 0 spiro atoms. The Morgan fingerprint density at radius 2 is 2.28 bits per heavy atom. The molecule has 2 aromatic rings. The summed E-state index contributed by atoms with van der Waals surface area (Å²) >= 11 is 4.87. The normalized spacial score (nSPS) is 12.2. The van der Waals surface area contributed by atoms with Gasteiger partial charge < -0.3 is 0 Å². The van der Waals surface area contributed by atoms with Gasteiger partial charge in [0.1, 0.15) is 0 Å². The van der Waals surface area contributed by atoms with Crippen LogP contribution in [0.1, 0.15) is 4.88 Å². The monoisotopic (exact) mass is 349 g/mol. The largest absolute Gasteiger partial charge is 0.260 e. The molecule has 0 aromatic carbocycles. The van der Waals surface area contributed by atoms with E-state index < -0.39 is 10.0 Å². The highest BCUT2D eigenvalue weighted by Gasteiger charge is 2.24. The van der Waals surface area contributed by atoms with Crippen LogP contribution in [0.4, 0.5) is 0 Å². The molecule has 2 aromatic heterocycles. The number of rotatable bonds is 4. The molecule has 0 bridgehead atoms. The first kappa shape index (κ1) is 13.7. The SMILES string of the molecule is CN(Cc1cc(Br)cs1)S(=O)(=O)c1ccnn1C. The summed E-state index contributed by atoms with van der Waals surface area (Å²) in [4.78, 5) is 0.982. The summed E-state index contributed by atoms with van der Waals surface area (Å²) in [5.41, 5.74) is 0. The summed E-state index contributed by atoms with van der Waals surface area (Å²) in [5, 5.41) is 6.01. The van der Waals surface area contributed by atoms with Gasteiger partial charge in [-0.2, -0.15) is 9.40 Å². The fourth-order valence-corrected chi connectivity index (χ4v) is 4.34. The van der Waals surface area contributed by atoms with Crippen molar-refractivity contribution in [2.45, 2.75) is 11.6 Å². The lowest BCUT2D eigenvalue weighted by atomic mass is 10.5. The Balaban J connectivity index is 2.23. The Hall–Kier alpha value is -0.700. The second-order valence-corrected chi connectivity index (χ2v) is 7.69. The number of nitrogens with zero attached hydrogens (tertiary/aromatic N) is 3. The second kappa shape index (κ2) is 5.12. The first-order valence-electron chi connectivity index (χ1n) is 5.08. The van der Waals surface area contributed by atoms with Crippen molar-refractivity contribution >= 4 is 37.3 Å². The van der Waals surface area contributed by atoms with Crippen LogP contribution in [0.15, 0.2) is 33.2 Å². The Kier molecular flexibility index (Phi) is 3.90. The maximum Gasteiger partial charge on any atom is 0.260 e. The first-order valence-corrected chi connectivity index (χ1v) is 8.20. The number of halogens is 1. The fraction of sp³-hybridized carbons (Fsp3) is 0.300. The van der Waals surface area contributed by atoms with Crippen molar-refractivity contribution in [3.63, 3.8) is 0 Å². The number of aromatic nitrogens is 2. The molecule has 98 valence electrons. The lowest BCUT2D eigenvalue weighted by molar-refractivity contribution is 0.460. The molecule has 0 aliphatic heterocycles. The van der Waals surface area contributed by atoms with E-state index in [4.69, 9.17) is 0 Å². The Morgan fingerprint density at radius 1 is 1.56 bits per heavy atom. The van der Waals surface area contributed by atoms with Crippen LogP contribution in [0.3, 0.4) is 0 Å². The second-order valence-electron chi connectivity index (χ2n) is 3.79. The third-order valence-corrected chi connectivity index (χ3v) is 6.01. The predicted octanol–water partition coefficient (Wildman–Crippen LogP) is 2.06. The van der Waals surface area contributed by atoms with Crippen molar-refractivity contribution in [2.24, 2.45) is 7.05 Å². The molecule has 0 N–H and O–H groups in total. The van der Waals surface area contributed by atoms with Crippen molar-refractivity contribution < 1.29 is 8.42 Å². The van der Waals surface area contributed by atoms with Crippen LogP contribution in [0.5, 0.6) is 0 Å². The predicted molar refractivity (Wildman–Crippen MR) is 73.9 cm³/mol. The minimum atomic E-state index is -3.49. The summed E-state index contributed by atoms with van der Waals surface area (Å²) in [7, 11) is -0.311. The third-order valence-electron chi connectivity index (χ3n) is 2.45. The van der Waals surface area contributed by atoms with Crippen LogP contribution in [0, 0.1) is 0 Å². The lowest BCUT2D eigenvalue weighted by Crippen LogP contribution is -2.27. The Labute approximate surface area is 118 Å². The molecule has 0 aliphatic rings. The number of thiophene rings is 1. The summed E-state index contributed by atoms with van der Waals surface area (Å²) in [6, 6.07) is 3.41. The van der Waals surface area contributed by atoms with Gasteiger partial charge in [-0.1, -0.05) is 0 Å². The smallest absolute Gasteiger partial charge is 0.256 e. The van der Waals surface area contributed by atoms with Crippen molar-refractivity contribution in [3.05, 3.63) is 33.1 Å². The lowest BCUT2D eigenvalue weighted by Gasteiger charge is -2.16. The van der Waals surface area contributed by atoms with Crippen LogP contribution < -0.4 is 0 Å². The van der Waals surface area contributed by atoms with Gasteiger partial charge in [-0.15, -0.1) is 11.3 Å². The molecule has 0 atom stereocenters. The van der Waals surface area contributed by atoms with Crippen LogP contribution in [-0.2, 0) is 23.6 Å². The van der Waals surface area contributed by atoms with Crippen LogP contribution >= 0.6 is 27.3 Å². The van der Waals surface area contributed by atoms with Crippen LogP contribution in [-0.4, -0.2) is 29.6 Å². The highest BCUT2D eigenvalue weighted by molar-refractivity contribution is 9.10. The summed E-state index contributed by atoms with van der Waals surface area (Å²) in [6.45, 7) is 0.351. The van der Waals surface area contributed by atoms with Gasteiger partial charge >= 0.3 is 0 Å². The highest BCUT2D eigenvalue weighted by atomic mass is 79.9. The molecule has 5 nitrogen and oxygen atoms in total. The topological polar surface area (TPSA) is 55.2 Å². The Bertz CT molecular complexity index is 648. The molecular weight excluding hydrogens is 338 g/mol. The molecule has 0 fully saturated rings. The van der Waals surface area contributed by atoms with Gasteiger partial charge in [0.15, 0.2) is 5.03 Å². The van der Waals surface area contributed by atoms with E-state index in [2.05, 4.69) is 21.0 Å². The van der Waals surface area contributed by atoms with Crippen molar-refractivity contribution in [2.75, 3.05) is 7.05 Å². The quantitative estimate of drug-likeness (QED) is 0.848. The fourth-order valence-electron chi connectivity index (χ4n) is 1.52. The molecule has 0 unspecified atom stereocenters.